The molecule has 0 radical (unpaired) electrons. The van der Waals surface area contributed by atoms with Crippen molar-refractivity contribution in [3.8, 4) is 0 Å². The monoisotopic (exact) mass is 396 g/mol. The largest absolute Gasteiger partial charge is 0.365 e. The highest BCUT2D eigenvalue weighted by atomic mass is 16.1. The molecule has 0 saturated carbocycles. The van der Waals surface area contributed by atoms with Gasteiger partial charge in [-0.1, -0.05) is 0 Å². The topological polar surface area (TPSA) is 144 Å². The zero-order valence-electron chi connectivity index (χ0n) is 15.6. The molecule has 0 unspecified atom stereocenters. The van der Waals surface area contributed by atoms with Gasteiger partial charge in [-0.05, 0) is 60.7 Å². The Morgan fingerprint density at radius 1 is 0.667 bits per heavy atom. The van der Waals surface area contributed by atoms with Gasteiger partial charge in [0.25, 0.3) is 11.8 Å². The molecule has 0 aliphatic carbocycles. The molecule has 0 saturated heterocycles. The number of H-pyrrole nitrogens is 2. The number of aromatic amines is 2. The number of fused-ring (bicyclic) bond motifs is 8. The van der Waals surface area contributed by atoms with E-state index in [0.29, 0.717) is 22.4 Å². The highest BCUT2D eigenvalue weighted by Crippen LogP contribution is 2.23. The Morgan fingerprint density at radius 2 is 1.13 bits per heavy atom. The molecule has 2 amide bonds. The van der Waals surface area contributed by atoms with Crippen LogP contribution in [0.15, 0.2) is 36.4 Å². The summed E-state index contributed by atoms with van der Waals surface area (Å²) >= 11 is 0. The number of carbonyl (C=O) groups is 2. The Kier molecular flexibility index (Phi) is 3.85. The van der Waals surface area contributed by atoms with Crippen LogP contribution in [-0.4, -0.2) is 31.8 Å². The van der Waals surface area contributed by atoms with E-state index in [0.717, 1.165) is 22.4 Å². The molecule has 0 atom stereocenters. The maximum Gasteiger partial charge on any atom is 0.253 e. The van der Waals surface area contributed by atoms with Crippen LogP contribution in [0.2, 0.25) is 0 Å². The normalized spacial score (nSPS) is 12.3. The Balaban J connectivity index is 1.97. The van der Waals surface area contributed by atoms with Crippen LogP contribution in [0.1, 0.15) is 43.5 Å². The Labute approximate surface area is 170 Å². The number of amides is 2. The molecular formula is C22H16N6O2. The van der Waals surface area contributed by atoms with E-state index in [-0.39, 0.29) is 11.1 Å². The van der Waals surface area contributed by atoms with E-state index in [2.05, 4.69) is 19.9 Å². The number of hydrogen-bond donors (Lipinski definition) is 4. The average Bonchev–Trinajstić information content (AvgIpc) is 3.46. The molecule has 8 heteroatoms. The Hall–Kier alpha value is -4.46. The van der Waals surface area contributed by atoms with Crippen molar-refractivity contribution in [3.63, 3.8) is 0 Å². The van der Waals surface area contributed by atoms with E-state index in [1.807, 2.05) is 36.4 Å². The number of nitrogens with two attached hydrogens (primary N) is 2. The molecule has 6 N–H and O–H groups in total. The number of hydrogen-bond acceptors (Lipinski definition) is 4. The summed E-state index contributed by atoms with van der Waals surface area (Å²) in [6, 6.07) is 10.9. The number of aromatic nitrogens is 4. The Morgan fingerprint density at radius 3 is 1.57 bits per heavy atom. The second-order valence-electron chi connectivity index (χ2n) is 6.93. The zero-order valence-corrected chi connectivity index (χ0v) is 15.6. The third-order valence-corrected chi connectivity index (χ3v) is 4.89. The van der Waals surface area contributed by atoms with E-state index < -0.39 is 11.8 Å². The average molecular weight is 396 g/mol. The van der Waals surface area contributed by atoms with E-state index >= 15 is 0 Å². The number of nitrogens with one attached hydrogen (secondary N) is 2. The van der Waals surface area contributed by atoms with Crippen molar-refractivity contribution in [1.82, 2.24) is 19.9 Å². The van der Waals surface area contributed by atoms with Gasteiger partial charge in [-0.3, -0.25) is 9.59 Å². The third-order valence-electron chi connectivity index (χ3n) is 4.89. The van der Waals surface area contributed by atoms with Crippen molar-refractivity contribution < 1.29 is 9.59 Å². The van der Waals surface area contributed by atoms with E-state index in [4.69, 9.17) is 11.5 Å². The summed E-state index contributed by atoms with van der Waals surface area (Å²) in [7, 11) is 0. The summed E-state index contributed by atoms with van der Waals surface area (Å²) in [4.78, 5) is 39.8. The molecule has 30 heavy (non-hydrogen) atoms. The van der Waals surface area contributed by atoms with E-state index in [9.17, 15) is 9.59 Å². The van der Waals surface area contributed by atoms with Crippen LogP contribution in [-0.2, 0) is 0 Å². The van der Waals surface area contributed by atoms with Crippen LogP contribution in [0.3, 0.4) is 0 Å². The molecule has 0 spiro atoms. The SMILES string of the molecule is NC(=O)c1c2nc(c(C(N)=O)c3ccc(cc4nc(cc5ccc1[nH]5)C=C4)[nH]3)C=C2. The van der Waals surface area contributed by atoms with Crippen LogP contribution < -0.4 is 11.5 Å². The predicted molar refractivity (Wildman–Crippen MR) is 116 cm³/mol. The first-order valence-electron chi connectivity index (χ1n) is 9.18. The molecule has 0 aromatic carbocycles. The van der Waals surface area contributed by atoms with Gasteiger partial charge in [0.05, 0.1) is 44.9 Å². The van der Waals surface area contributed by atoms with Gasteiger partial charge in [-0.2, -0.15) is 0 Å². The number of primary amides is 2. The standard InChI is InChI=1S/C22H16N6O2/c23-21(29)19-15-5-3-13(26-15)9-11-1-2-12(25-11)10-14-4-6-16(27-14)20(22(24)30)18-8-7-17(19)28-18/h1-10,26-27H,(H2,23,29)(H2,24,30). The second kappa shape index (κ2) is 6.56. The molecular weight excluding hydrogens is 380 g/mol. The summed E-state index contributed by atoms with van der Waals surface area (Å²) < 4.78 is 0. The maximum atomic E-state index is 12.2. The molecule has 8 nitrogen and oxygen atoms in total. The van der Waals surface area contributed by atoms with Crippen molar-refractivity contribution in [2.75, 3.05) is 0 Å². The lowest BCUT2D eigenvalue weighted by Gasteiger charge is -1.98. The minimum absolute atomic E-state index is 0.216. The summed E-state index contributed by atoms with van der Waals surface area (Å²) in [6.07, 6.45) is 7.06. The van der Waals surface area contributed by atoms with Gasteiger partial charge in [0, 0.05) is 11.0 Å². The molecule has 5 heterocycles. The molecule has 2 aliphatic rings. The lowest BCUT2D eigenvalue weighted by atomic mass is 10.1. The fourth-order valence-electron chi connectivity index (χ4n) is 3.59. The molecule has 0 fully saturated rings. The summed E-state index contributed by atoms with van der Waals surface area (Å²) in [6.45, 7) is 0. The summed E-state index contributed by atoms with van der Waals surface area (Å²) in [5.41, 5.74) is 16.5. The molecule has 3 aromatic heterocycles. The third kappa shape index (κ3) is 2.96. The van der Waals surface area contributed by atoms with Gasteiger partial charge in [0.15, 0.2) is 0 Å². The highest BCUT2D eigenvalue weighted by molar-refractivity contribution is 6.06. The quantitative estimate of drug-likeness (QED) is 0.364. The second-order valence-corrected chi connectivity index (χ2v) is 6.93. The molecule has 3 aromatic rings. The van der Waals surface area contributed by atoms with E-state index in [1.54, 1.807) is 24.3 Å². The van der Waals surface area contributed by atoms with Gasteiger partial charge >= 0.3 is 0 Å². The fourth-order valence-corrected chi connectivity index (χ4v) is 3.59. The summed E-state index contributed by atoms with van der Waals surface area (Å²) in [5.74, 6) is -1.28. The van der Waals surface area contributed by atoms with Gasteiger partial charge in [0.2, 0.25) is 0 Å². The minimum atomic E-state index is -0.639. The molecule has 8 bridgehead atoms. The van der Waals surface area contributed by atoms with Crippen molar-refractivity contribution in [2.45, 2.75) is 0 Å². The lowest BCUT2D eigenvalue weighted by molar-refractivity contribution is 0.0993. The van der Waals surface area contributed by atoms with Gasteiger partial charge in [-0.25, -0.2) is 9.97 Å². The smallest absolute Gasteiger partial charge is 0.253 e. The zero-order chi connectivity index (χ0) is 20.8. The fraction of sp³-hybridized carbons (Fsp3) is 0. The first-order chi connectivity index (χ1) is 14.5. The Bertz CT molecular complexity index is 1350. The van der Waals surface area contributed by atoms with Crippen molar-refractivity contribution >= 4 is 58.2 Å². The first kappa shape index (κ1) is 17.6. The van der Waals surface area contributed by atoms with Crippen molar-refractivity contribution in [3.05, 3.63) is 70.3 Å². The van der Waals surface area contributed by atoms with Crippen LogP contribution in [0.4, 0.5) is 0 Å². The predicted octanol–water partition coefficient (Wildman–Crippen LogP) is 2.85. The minimum Gasteiger partial charge on any atom is -0.365 e. The van der Waals surface area contributed by atoms with Crippen molar-refractivity contribution in [1.29, 1.82) is 0 Å². The highest BCUT2D eigenvalue weighted by Gasteiger charge is 2.17. The lowest BCUT2D eigenvalue weighted by Crippen LogP contribution is -2.14. The maximum absolute atomic E-state index is 12.2. The number of carbonyl (C=O) groups excluding carboxylic acids is 2. The number of nitrogens with zero attached hydrogens (tertiary/aromatic N) is 2. The van der Waals surface area contributed by atoms with E-state index in [1.165, 1.54) is 0 Å². The van der Waals surface area contributed by atoms with Crippen LogP contribution >= 0.6 is 0 Å². The van der Waals surface area contributed by atoms with Crippen LogP contribution in [0.5, 0.6) is 0 Å². The van der Waals surface area contributed by atoms with Gasteiger partial charge < -0.3 is 21.4 Å². The summed E-state index contributed by atoms with van der Waals surface area (Å²) in [5, 5.41) is 0. The van der Waals surface area contributed by atoms with Crippen LogP contribution in [0.25, 0.3) is 46.4 Å². The molecule has 5 rings (SSSR count). The van der Waals surface area contributed by atoms with Crippen LogP contribution in [0, 0.1) is 0 Å². The van der Waals surface area contributed by atoms with Gasteiger partial charge in [0.1, 0.15) is 0 Å². The van der Waals surface area contributed by atoms with Crippen molar-refractivity contribution in [2.24, 2.45) is 11.5 Å². The first-order valence-corrected chi connectivity index (χ1v) is 9.18. The molecule has 146 valence electrons. The van der Waals surface area contributed by atoms with Gasteiger partial charge in [-0.15, -0.1) is 0 Å². The molecule has 2 aliphatic heterocycles. The number of rotatable bonds is 2.